The van der Waals surface area contributed by atoms with Gasteiger partial charge in [0.15, 0.2) is 0 Å². The van der Waals surface area contributed by atoms with Crippen molar-refractivity contribution in [2.24, 2.45) is 0 Å². The van der Waals surface area contributed by atoms with Gasteiger partial charge in [0.2, 0.25) is 23.6 Å². The van der Waals surface area contributed by atoms with E-state index in [9.17, 15) is 58.3 Å². The number of carboxylic acid groups (broad SMARTS) is 1. The van der Waals surface area contributed by atoms with Crippen molar-refractivity contribution in [2.75, 3.05) is 85.7 Å². The van der Waals surface area contributed by atoms with Crippen LogP contribution < -0.4 is 21.3 Å². The van der Waals surface area contributed by atoms with E-state index in [0.29, 0.717) is 97.2 Å². The molecule has 0 saturated carbocycles. The Morgan fingerprint density at radius 3 is 1.92 bits per heavy atom. The molecular weight excluding hydrogens is 818 g/mol. The van der Waals surface area contributed by atoms with Crippen LogP contribution in [0.2, 0.25) is 0 Å². The van der Waals surface area contributed by atoms with Crippen molar-refractivity contribution in [3.8, 4) is 0 Å². The average molecular weight is 881 g/mol. The summed E-state index contributed by atoms with van der Waals surface area (Å²) >= 11 is 0. The third kappa shape index (κ3) is 21.6. The summed E-state index contributed by atoms with van der Waals surface area (Å²) in [5, 5.41) is 62.2. The van der Waals surface area contributed by atoms with Crippen molar-refractivity contribution < 1.29 is 86.7 Å². The summed E-state index contributed by atoms with van der Waals surface area (Å²) in [6.07, 6.45) is -8.75. The number of aliphatic carboxylic acids is 1. The van der Waals surface area contributed by atoms with E-state index in [-0.39, 0.29) is 36.8 Å². The van der Waals surface area contributed by atoms with Crippen molar-refractivity contribution >= 4 is 29.6 Å². The number of halogens is 2. The molecule has 0 spiro atoms. The summed E-state index contributed by atoms with van der Waals surface area (Å²) in [6.45, 7) is 3.43. The second kappa shape index (κ2) is 30.1. The highest BCUT2D eigenvalue weighted by Crippen LogP contribution is 2.34. The van der Waals surface area contributed by atoms with Gasteiger partial charge in [0.25, 0.3) is 12.2 Å². The summed E-state index contributed by atoms with van der Waals surface area (Å²) in [5.41, 5.74) is 0.164. The quantitative estimate of drug-likeness (QED) is 0.0371. The molecule has 2 rings (SSSR count). The van der Waals surface area contributed by atoms with Gasteiger partial charge in [0, 0.05) is 45.0 Å². The lowest BCUT2D eigenvalue weighted by Gasteiger charge is -2.46. The van der Waals surface area contributed by atoms with Crippen molar-refractivity contribution in [1.82, 2.24) is 21.3 Å². The number of alkyl halides is 2. The van der Waals surface area contributed by atoms with Crippen molar-refractivity contribution in [2.45, 2.75) is 94.5 Å². The molecule has 1 aliphatic heterocycles. The first-order valence-corrected chi connectivity index (χ1v) is 20.1. The van der Waals surface area contributed by atoms with E-state index in [0.717, 1.165) is 12.1 Å². The molecule has 348 valence electrons. The highest BCUT2D eigenvalue weighted by molar-refractivity contribution is 5.79. The molecule has 0 radical (unpaired) electrons. The molecule has 9 N–H and O–H groups in total. The van der Waals surface area contributed by atoms with Crippen LogP contribution in [-0.4, -0.2) is 177 Å². The van der Waals surface area contributed by atoms with Gasteiger partial charge >= 0.3 is 5.97 Å². The second-order valence-corrected chi connectivity index (χ2v) is 14.0. The fraction of sp³-hybridized carbons (Fsp3) is 0.718. The number of unbranched alkanes of at least 4 members (excludes halogenated alkanes) is 3. The van der Waals surface area contributed by atoms with Gasteiger partial charge in [0.05, 0.1) is 84.1 Å². The first-order valence-electron chi connectivity index (χ1n) is 20.1. The van der Waals surface area contributed by atoms with Crippen LogP contribution in [-0.2, 0) is 58.8 Å². The highest BCUT2D eigenvalue weighted by Gasteiger charge is 2.55. The first kappa shape index (κ1) is 53.2. The number of carboxylic acids is 1. The number of hydrogen-bond donors (Lipinski definition) is 9. The van der Waals surface area contributed by atoms with Gasteiger partial charge in [-0.05, 0) is 18.4 Å². The zero-order valence-corrected chi connectivity index (χ0v) is 34.4. The first-order chi connectivity index (χ1) is 29.2. The number of nitrogens with one attached hydrogen (secondary N) is 4. The van der Waals surface area contributed by atoms with Crippen LogP contribution in [0.25, 0.3) is 0 Å². The topological polar surface area (TPSA) is 290 Å². The molecule has 61 heavy (non-hydrogen) atoms. The Balaban J connectivity index is 1.69. The summed E-state index contributed by atoms with van der Waals surface area (Å²) in [7, 11) is 0. The zero-order valence-electron chi connectivity index (χ0n) is 34.4. The van der Waals surface area contributed by atoms with Gasteiger partial charge in [-0.15, -0.1) is 0 Å². The fourth-order valence-electron chi connectivity index (χ4n) is 5.92. The molecule has 0 bridgehead atoms. The third-order valence-electron chi connectivity index (χ3n) is 9.14. The van der Waals surface area contributed by atoms with E-state index >= 15 is 0 Å². The van der Waals surface area contributed by atoms with E-state index in [1.54, 1.807) is 0 Å². The molecule has 1 aromatic rings. The summed E-state index contributed by atoms with van der Waals surface area (Å²) in [5.74, 6) is -6.10. The molecule has 1 heterocycles. The SMILES string of the molecule is CC(=O)NCCOCCOCCOCCOCCNC(=O)CCCCCCO[C@]1(C(=O)O)C[C@H](O)[C@@H](NC(=O)CO)[C@H]([C@H](O)[C@H](O)CNC(=O)Cc2ccc(C(F)F)cc2)O1. The van der Waals surface area contributed by atoms with E-state index in [2.05, 4.69) is 21.3 Å². The Hall–Kier alpha value is -3.97. The molecule has 1 aromatic carbocycles. The number of carbonyl (C=O) groups excluding carboxylic acids is 4. The molecular formula is C39H62F2N4O16. The number of aliphatic hydroxyl groups is 4. The monoisotopic (exact) mass is 880 g/mol. The summed E-state index contributed by atoms with van der Waals surface area (Å²) in [4.78, 5) is 60.0. The number of carbonyl (C=O) groups is 5. The lowest BCUT2D eigenvalue weighted by atomic mass is 9.88. The Morgan fingerprint density at radius 2 is 1.36 bits per heavy atom. The normalized spacial score (nSPS) is 19.8. The molecule has 0 aromatic heterocycles. The molecule has 6 atom stereocenters. The molecule has 0 unspecified atom stereocenters. The molecule has 1 fully saturated rings. The molecule has 1 aliphatic rings. The van der Waals surface area contributed by atoms with Gasteiger partial charge in [-0.3, -0.25) is 19.2 Å². The molecule has 4 amide bonds. The van der Waals surface area contributed by atoms with Crippen molar-refractivity contribution in [3.63, 3.8) is 0 Å². The Labute approximate surface area is 352 Å². The number of amides is 4. The Kier molecular flexibility index (Phi) is 26.3. The van der Waals surface area contributed by atoms with Gasteiger partial charge in [-0.1, -0.05) is 37.1 Å². The summed E-state index contributed by atoms with van der Waals surface area (Å²) < 4.78 is 58.5. The van der Waals surface area contributed by atoms with Crippen LogP contribution in [0.5, 0.6) is 0 Å². The Bertz CT molecular complexity index is 1450. The minimum Gasteiger partial charge on any atom is -0.477 e. The standard InChI is InChI=1S/C39H62F2N4O16/c1-26(47)42-11-14-56-16-18-58-20-21-59-19-17-57-15-12-43-31(50)6-4-2-3-5-13-60-39(38(54)55)23-29(48)34(45-33(52)25-46)36(61-39)35(53)30(49)24-44-32(51)22-27-7-9-28(10-8-27)37(40)41/h7-10,29-30,34-37,46,48-49,53H,2-6,11-25H2,1H3,(H,42,47)(H,43,50)(H,44,51)(H,45,52)(H,54,55)/t29-,30+,34+,35+,36+,39+/m0/s1. The van der Waals surface area contributed by atoms with Gasteiger partial charge in [0.1, 0.15) is 18.8 Å². The van der Waals surface area contributed by atoms with Crippen LogP contribution in [0.1, 0.15) is 63.0 Å². The van der Waals surface area contributed by atoms with Crippen LogP contribution in [0.4, 0.5) is 8.78 Å². The molecule has 20 nitrogen and oxygen atoms in total. The van der Waals surface area contributed by atoms with Gasteiger partial charge in [-0.2, -0.15) is 0 Å². The van der Waals surface area contributed by atoms with E-state index in [1.807, 2.05) is 0 Å². The molecule has 22 heteroatoms. The maximum absolute atomic E-state index is 12.8. The second-order valence-electron chi connectivity index (χ2n) is 14.0. The summed E-state index contributed by atoms with van der Waals surface area (Å²) in [6, 6.07) is 3.49. The van der Waals surface area contributed by atoms with E-state index in [1.165, 1.54) is 19.1 Å². The smallest absolute Gasteiger partial charge is 0.364 e. The lowest BCUT2D eigenvalue weighted by Crippen LogP contribution is -2.68. The largest absolute Gasteiger partial charge is 0.477 e. The average Bonchev–Trinajstić information content (AvgIpc) is 3.22. The highest BCUT2D eigenvalue weighted by atomic mass is 19.3. The van der Waals surface area contributed by atoms with Crippen LogP contribution in [0.15, 0.2) is 24.3 Å². The minimum atomic E-state index is -2.68. The maximum atomic E-state index is 12.8. The maximum Gasteiger partial charge on any atom is 0.364 e. The van der Waals surface area contributed by atoms with Crippen LogP contribution in [0, 0.1) is 0 Å². The van der Waals surface area contributed by atoms with E-state index in [4.69, 9.17) is 28.4 Å². The van der Waals surface area contributed by atoms with E-state index < -0.39 is 80.0 Å². The van der Waals surface area contributed by atoms with Crippen LogP contribution in [0.3, 0.4) is 0 Å². The number of hydrogen-bond acceptors (Lipinski definition) is 15. The fourth-order valence-corrected chi connectivity index (χ4v) is 5.92. The predicted molar refractivity (Wildman–Crippen MR) is 209 cm³/mol. The van der Waals surface area contributed by atoms with Gasteiger partial charge in [-0.25, -0.2) is 13.6 Å². The van der Waals surface area contributed by atoms with Crippen LogP contribution >= 0.6 is 0 Å². The number of aliphatic hydroxyl groups excluding tert-OH is 4. The number of benzene rings is 1. The van der Waals surface area contributed by atoms with Crippen molar-refractivity contribution in [1.29, 1.82) is 0 Å². The number of rotatable bonds is 33. The third-order valence-corrected chi connectivity index (χ3v) is 9.14. The van der Waals surface area contributed by atoms with Gasteiger partial charge < -0.3 is 75.2 Å². The lowest BCUT2D eigenvalue weighted by molar-refractivity contribution is -0.310. The van der Waals surface area contributed by atoms with Crippen molar-refractivity contribution in [3.05, 3.63) is 35.4 Å². The minimum absolute atomic E-state index is 0.109. The predicted octanol–water partition coefficient (Wildman–Crippen LogP) is -1.30. The number of ether oxygens (including phenoxy) is 6. The Morgan fingerprint density at radius 1 is 0.787 bits per heavy atom. The molecule has 0 aliphatic carbocycles. The molecule has 1 saturated heterocycles. The zero-order chi connectivity index (χ0) is 45.0.